The molecule has 2 aromatic carbocycles. The minimum atomic E-state index is -0.673. The van der Waals surface area contributed by atoms with Crippen molar-refractivity contribution in [1.82, 2.24) is 4.90 Å². The molecule has 3 atom stereocenters. The molecule has 4 heteroatoms. The van der Waals surface area contributed by atoms with Crippen LogP contribution in [0.1, 0.15) is 88.4 Å². The quantitative estimate of drug-likeness (QED) is 0.462. The van der Waals surface area contributed by atoms with Crippen LogP contribution in [0.4, 0.5) is 5.69 Å². The Bertz CT molecular complexity index is 1010. The molecule has 4 rings (SSSR count). The van der Waals surface area contributed by atoms with Crippen molar-refractivity contribution in [2.75, 3.05) is 24.5 Å². The van der Waals surface area contributed by atoms with Crippen molar-refractivity contribution in [3.05, 3.63) is 71.3 Å². The van der Waals surface area contributed by atoms with Gasteiger partial charge in [-0.15, -0.1) is 0 Å². The largest absolute Gasteiger partial charge is 0.389 e. The van der Waals surface area contributed by atoms with E-state index in [0.29, 0.717) is 18.9 Å². The van der Waals surface area contributed by atoms with E-state index in [4.69, 9.17) is 0 Å². The van der Waals surface area contributed by atoms with E-state index < -0.39 is 5.60 Å². The van der Waals surface area contributed by atoms with E-state index in [-0.39, 0.29) is 17.9 Å². The number of amides is 1. The number of piperidine rings is 1. The molecule has 0 radical (unpaired) electrons. The summed E-state index contributed by atoms with van der Waals surface area (Å²) in [5.41, 5.74) is 4.00. The summed E-state index contributed by atoms with van der Waals surface area (Å²) in [4.78, 5) is 17.9. The molecule has 1 saturated carbocycles. The highest BCUT2D eigenvalue weighted by molar-refractivity contribution is 5.92. The molecule has 1 saturated heterocycles. The van der Waals surface area contributed by atoms with Gasteiger partial charge in [-0.05, 0) is 73.9 Å². The summed E-state index contributed by atoms with van der Waals surface area (Å²) >= 11 is 0. The van der Waals surface area contributed by atoms with Crippen molar-refractivity contribution >= 4 is 17.7 Å². The molecule has 1 heterocycles. The van der Waals surface area contributed by atoms with E-state index in [0.717, 1.165) is 49.9 Å². The van der Waals surface area contributed by atoms with Crippen molar-refractivity contribution in [2.24, 2.45) is 5.92 Å². The average molecular weight is 475 g/mol. The van der Waals surface area contributed by atoms with Crippen LogP contribution in [0.15, 0.2) is 54.6 Å². The van der Waals surface area contributed by atoms with Gasteiger partial charge in [0.15, 0.2) is 0 Å². The SMILES string of the molecule is CCN(CC)c1ccc([C@H]2[C@H]3CCCC[C@]3(O)CCN2C(=O)/C=C/c2ccc(C(C)C)cc2)cc1. The van der Waals surface area contributed by atoms with Crippen LogP contribution in [-0.2, 0) is 4.79 Å². The molecule has 1 N–H and O–H groups in total. The van der Waals surface area contributed by atoms with Crippen LogP contribution < -0.4 is 4.90 Å². The molecule has 4 nitrogen and oxygen atoms in total. The first-order valence-electron chi connectivity index (χ1n) is 13.5. The Hall–Kier alpha value is -2.59. The van der Waals surface area contributed by atoms with Gasteiger partial charge in [-0.1, -0.05) is 63.1 Å². The second kappa shape index (κ2) is 11.0. The standard InChI is InChI=1S/C31H42N2O2/c1-5-32(6-2)27-17-15-26(16-18-27)30-28-9-7-8-20-31(28,35)21-22-33(30)29(34)19-12-24-10-13-25(14-11-24)23(3)4/h10-19,23,28,30,35H,5-9,20-22H2,1-4H3/b19-12+/t28-,30+,31+/m1/s1. The molecule has 0 unspecified atom stereocenters. The number of carbonyl (C=O) groups excluding carboxylic acids is 1. The minimum Gasteiger partial charge on any atom is -0.389 e. The zero-order chi connectivity index (χ0) is 25.0. The maximum absolute atomic E-state index is 13.5. The molecule has 35 heavy (non-hydrogen) atoms. The fourth-order valence-corrected chi connectivity index (χ4v) is 6.07. The van der Waals surface area contributed by atoms with Gasteiger partial charge in [0.05, 0.1) is 11.6 Å². The Labute approximate surface area is 211 Å². The zero-order valence-electron chi connectivity index (χ0n) is 21.9. The summed E-state index contributed by atoms with van der Waals surface area (Å²) in [7, 11) is 0. The van der Waals surface area contributed by atoms with Gasteiger partial charge in [0.2, 0.25) is 5.91 Å². The predicted molar refractivity (Wildman–Crippen MR) is 146 cm³/mol. The molecule has 0 bridgehead atoms. The smallest absolute Gasteiger partial charge is 0.247 e. The van der Waals surface area contributed by atoms with Crippen LogP contribution in [-0.4, -0.2) is 41.1 Å². The van der Waals surface area contributed by atoms with Crippen LogP contribution in [0.3, 0.4) is 0 Å². The lowest BCUT2D eigenvalue weighted by Gasteiger charge is -2.52. The molecule has 2 fully saturated rings. The molecule has 0 aromatic heterocycles. The number of rotatable bonds is 7. The number of benzene rings is 2. The monoisotopic (exact) mass is 474 g/mol. The summed E-state index contributed by atoms with van der Waals surface area (Å²) in [5.74, 6) is 0.599. The van der Waals surface area contributed by atoms with E-state index in [1.807, 2.05) is 11.0 Å². The van der Waals surface area contributed by atoms with E-state index in [1.54, 1.807) is 6.08 Å². The fraction of sp³-hybridized carbons (Fsp3) is 0.516. The third-order valence-electron chi connectivity index (χ3n) is 8.24. The van der Waals surface area contributed by atoms with E-state index >= 15 is 0 Å². The van der Waals surface area contributed by atoms with Gasteiger partial charge in [-0.3, -0.25) is 4.79 Å². The van der Waals surface area contributed by atoms with Gasteiger partial charge in [-0.25, -0.2) is 0 Å². The van der Waals surface area contributed by atoms with E-state index in [2.05, 4.69) is 81.1 Å². The van der Waals surface area contributed by atoms with Crippen LogP contribution in [0.5, 0.6) is 0 Å². The first-order chi connectivity index (χ1) is 16.9. The normalized spacial score (nSPS) is 24.6. The number of fused-ring (bicyclic) bond motifs is 1. The molecule has 2 aromatic rings. The number of nitrogens with zero attached hydrogens (tertiary/aromatic N) is 2. The number of hydrogen-bond donors (Lipinski definition) is 1. The number of hydrogen-bond acceptors (Lipinski definition) is 3. The molecule has 0 spiro atoms. The topological polar surface area (TPSA) is 43.8 Å². The van der Waals surface area contributed by atoms with Crippen molar-refractivity contribution in [2.45, 2.75) is 77.4 Å². The highest BCUT2D eigenvalue weighted by Gasteiger charge is 2.49. The first-order valence-corrected chi connectivity index (χ1v) is 13.5. The van der Waals surface area contributed by atoms with Gasteiger partial charge < -0.3 is 14.9 Å². The van der Waals surface area contributed by atoms with Crippen LogP contribution in [0.25, 0.3) is 6.08 Å². The number of aliphatic hydroxyl groups is 1. The second-order valence-electron chi connectivity index (χ2n) is 10.6. The van der Waals surface area contributed by atoms with Crippen molar-refractivity contribution in [3.63, 3.8) is 0 Å². The summed E-state index contributed by atoms with van der Waals surface area (Å²) in [5, 5.41) is 11.6. The summed E-state index contributed by atoms with van der Waals surface area (Å²) in [6.07, 6.45) is 8.29. The number of likely N-dealkylation sites (tertiary alicyclic amines) is 1. The third-order valence-corrected chi connectivity index (χ3v) is 8.24. The van der Waals surface area contributed by atoms with Crippen molar-refractivity contribution in [1.29, 1.82) is 0 Å². The number of carbonyl (C=O) groups is 1. The minimum absolute atomic E-state index is 0.0309. The zero-order valence-corrected chi connectivity index (χ0v) is 21.9. The van der Waals surface area contributed by atoms with Crippen LogP contribution >= 0.6 is 0 Å². The van der Waals surface area contributed by atoms with Crippen LogP contribution in [0.2, 0.25) is 0 Å². The molecule has 2 aliphatic rings. The summed E-state index contributed by atoms with van der Waals surface area (Å²) < 4.78 is 0. The summed E-state index contributed by atoms with van der Waals surface area (Å²) in [6, 6.07) is 17.0. The van der Waals surface area contributed by atoms with E-state index in [9.17, 15) is 9.90 Å². The summed E-state index contributed by atoms with van der Waals surface area (Å²) in [6.45, 7) is 11.2. The Morgan fingerprint density at radius 1 is 1.06 bits per heavy atom. The second-order valence-corrected chi connectivity index (χ2v) is 10.6. The maximum Gasteiger partial charge on any atom is 0.247 e. The lowest BCUT2D eigenvalue weighted by Crippen LogP contribution is -2.56. The maximum atomic E-state index is 13.5. The van der Waals surface area contributed by atoms with Gasteiger partial charge in [0.1, 0.15) is 0 Å². The Morgan fingerprint density at radius 2 is 1.74 bits per heavy atom. The Morgan fingerprint density at radius 3 is 2.37 bits per heavy atom. The molecule has 1 aliphatic carbocycles. The third kappa shape index (κ3) is 5.48. The highest BCUT2D eigenvalue weighted by Crippen LogP contribution is 2.49. The highest BCUT2D eigenvalue weighted by atomic mass is 16.3. The van der Waals surface area contributed by atoms with Gasteiger partial charge in [0, 0.05) is 37.3 Å². The lowest BCUT2D eigenvalue weighted by atomic mass is 9.66. The van der Waals surface area contributed by atoms with Gasteiger partial charge in [-0.2, -0.15) is 0 Å². The Balaban J connectivity index is 1.61. The van der Waals surface area contributed by atoms with Crippen molar-refractivity contribution < 1.29 is 9.90 Å². The Kier molecular flexibility index (Phi) is 8.01. The fourth-order valence-electron chi connectivity index (χ4n) is 6.07. The van der Waals surface area contributed by atoms with Crippen molar-refractivity contribution in [3.8, 4) is 0 Å². The molecular formula is C31H42N2O2. The van der Waals surface area contributed by atoms with E-state index in [1.165, 1.54) is 11.3 Å². The molecule has 1 aliphatic heterocycles. The number of anilines is 1. The molecular weight excluding hydrogens is 432 g/mol. The van der Waals surface area contributed by atoms with Gasteiger partial charge >= 0.3 is 0 Å². The molecule has 1 amide bonds. The van der Waals surface area contributed by atoms with Crippen LogP contribution in [0, 0.1) is 5.92 Å². The van der Waals surface area contributed by atoms with Gasteiger partial charge in [0.25, 0.3) is 0 Å². The molecule has 188 valence electrons. The first kappa shape index (κ1) is 25.5. The lowest BCUT2D eigenvalue weighted by molar-refractivity contribution is -0.150. The average Bonchev–Trinajstić information content (AvgIpc) is 2.87. The predicted octanol–water partition coefficient (Wildman–Crippen LogP) is 6.56.